The molecule has 0 amide bonds. The number of Topliss-reactive ketones (excluding diaryl/α,β-unsaturated/α-hetero) is 1. The zero-order chi connectivity index (χ0) is 21.3. The molecule has 1 saturated carbocycles. The molecule has 0 radical (unpaired) electrons. The lowest BCUT2D eigenvalue weighted by atomic mass is 9.85. The summed E-state index contributed by atoms with van der Waals surface area (Å²) in [5.74, 6) is 0.898. The first kappa shape index (κ1) is 20.4. The number of nitrogens with two attached hydrogens (primary N) is 1. The Labute approximate surface area is 180 Å². The number of hydrogen-bond acceptors (Lipinski definition) is 5. The summed E-state index contributed by atoms with van der Waals surface area (Å²) >= 11 is 6.31. The quantitative estimate of drug-likeness (QED) is 0.561. The van der Waals surface area contributed by atoms with Crippen LogP contribution in [0.25, 0.3) is 22.3 Å². The molecule has 2 aromatic heterocycles. The van der Waals surface area contributed by atoms with Gasteiger partial charge in [0.1, 0.15) is 11.9 Å². The van der Waals surface area contributed by atoms with Gasteiger partial charge in [0, 0.05) is 43.1 Å². The first-order valence-electron chi connectivity index (χ1n) is 10.1. The molecule has 0 bridgehead atoms. The molecule has 1 aliphatic carbocycles. The summed E-state index contributed by atoms with van der Waals surface area (Å²) in [7, 11) is 1.68. The Hall–Kier alpha value is -2.86. The lowest BCUT2D eigenvalue weighted by Crippen LogP contribution is -2.29. The molecular weight excluding hydrogens is 400 g/mol. The average molecular weight is 425 g/mol. The number of carbonyl (C=O) groups is 1. The van der Waals surface area contributed by atoms with E-state index >= 15 is 0 Å². The van der Waals surface area contributed by atoms with E-state index in [0.717, 1.165) is 29.4 Å². The van der Waals surface area contributed by atoms with Gasteiger partial charge in [0.25, 0.3) is 0 Å². The third-order valence-corrected chi connectivity index (χ3v) is 5.99. The monoisotopic (exact) mass is 424 g/mol. The van der Waals surface area contributed by atoms with Crippen LogP contribution in [0.4, 0.5) is 5.69 Å². The van der Waals surface area contributed by atoms with Crippen molar-refractivity contribution >= 4 is 40.2 Å². The van der Waals surface area contributed by atoms with Gasteiger partial charge in [0.2, 0.25) is 5.88 Å². The SMILES string of the molecule is CN=Cc1c(N)cc(-c2cc3cccc(Cl)c3[nH]2)nc1O[C@H](C)[C@H]1CCCC(=O)C1. The van der Waals surface area contributed by atoms with E-state index < -0.39 is 0 Å². The molecule has 0 saturated heterocycles. The van der Waals surface area contributed by atoms with Crippen molar-refractivity contribution in [1.82, 2.24) is 9.97 Å². The number of ether oxygens (including phenoxy) is 1. The number of nitrogens with zero attached hydrogens (tertiary/aromatic N) is 2. The van der Waals surface area contributed by atoms with E-state index in [1.807, 2.05) is 31.2 Å². The van der Waals surface area contributed by atoms with Gasteiger partial charge in [-0.2, -0.15) is 0 Å². The van der Waals surface area contributed by atoms with Gasteiger partial charge in [-0.3, -0.25) is 9.79 Å². The Balaban J connectivity index is 1.71. The fourth-order valence-corrected chi connectivity index (χ4v) is 4.25. The maximum atomic E-state index is 11.9. The lowest BCUT2D eigenvalue weighted by molar-refractivity contribution is -0.122. The van der Waals surface area contributed by atoms with E-state index in [1.54, 1.807) is 19.3 Å². The molecule has 3 aromatic rings. The molecule has 1 fully saturated rings. The first-order chi connectivity index (χ1) is 14.5. The Kier molecular flexibility index (Phi) is 5.77. The molecule has 2 heterocycles. The second kappa shape index (κ2) is 8.48. The predicted octanol–water partition coefficient (Wildman–Crippen LogP) is 5.04. The number of fused-ring (bicyclic) bond motifs is 1. The van der Waals surface area contributed by atoms with Crippen LogP contribution < -0.4 is 10.5 Å². The number of aromatic amines is 1. The van der Waals surface area contributed by atoms with E-state index in [9.17, 15) is 4.79 Å². The number of nitrogens with one attached hydrogen (secondary N) is 1. The number of para-hydroxylation sites is 1. The first-order valence-corrected chi connectivity index (χ1v) is 10.5. The minimum absolute atomic E-state index is 0.155. The molecule has 1 aromatic carbocycles. The molecule has 30 heavy (non-hydrogen) atoms. The highest BCUT2D eigenvalue weighted by atomic mass is 35.5. The maximum Gasteiger partial charge on any atom is 0.225 e. The van der Waals surface area contributed by atoms with Crippen molar-refractivity contribution in [2.75, 3.05) is 12.8 Å². The van der Waals surface area contributed by atoms with Crippen LogP contribution in [0.5, 0.6) is 5.88 Å². The smallest absolute Gasteiger partial charge is 0.225 e. The van der Waals surface area contributed by atoms with Gasteiger partial charge in [-0.15, -0.1) is 0 Å². The predicted molar refractivity (Wildman–Crippen MR) is 122 cm³/mol. The number of pyridine rings is 1. The largest absolute Gasteiger partial charge is 0.474 e. The molecule has 7 heteroatoms. The van der Waals surface area contributed by atoms with Crippen molar-refractivity contribution in [3.8, 4) is 17.3 Å². The minimum Gasteiger partial charge on any atom is -0.474 e. The number of nitrogen functional groups attached to an aromatic ring is 1. The maximum absolute atomic E-state index is 11.9. The summed E-state index contributed by atoms with van der Waals surface area (Å²) < 4.78 is 6.25. The van der Waals surface area contributed by atoms with Crippen molar-refractivity contribution in [3.05, 3.63) is 40.9 Å². The molecule has 0 unspecified atom stereocenters. The molecule has 0 aliphatic heterocycles. The fraction of sp³-hybridized carbons (Fsp3) is 0.348. The third-order valence-electron chi connectivity index (χ3n) is 5.68. The van der Waals surface area contributed by atoms with E-state index in [-0.39, 0.29) is 12.0 Å². The Morgan fingerprint density at radius 1 is 1.40 bits per heavy atom. The Bertz CT molecular complexity index is 1120. The molecule has 156 valence electrons. The van der Waals surface area contributed by atoms with Gasteiger partial charge in [0.15, 0.2) is 0 Å². The summed E-state index contributed by atoms with van der Waals surface area (Å²) in [6.07, 6.45) is 4.60. The van der Waals surface area contributed by atoms with Gasteiger partial charge in [-0.25, -0.2) is 4.98 Å². The van der Waals surface area contributed by atoms with Gasteiger partial charge < -0.3 is 15.5 Å². The van der Waals surface area contributed by atoms with Crippen molar-refractivity contribution in [3.63, 3.8) is 0 Å². The number of anilines is 1. The van der Waals surface area contributed by atoms with Crippen molar-refractivity contribution in [2.24, 2.45) is 10.9 Å². The van der Waals surface area contributed by atoms with Crippen LogP contribution in [0, 0.1) is 5.92 Å². The van der Waals surface area contributed by atoms with Crippen LogP contribution in [0.1, 0.15) is 38.2 Å². The third kappa shape index (κ3) is 4.05. The lowest BCUT2D eigenvalue weighted by Gasteiger charge is -2.27. The van der Waals surface area contributed by atoms with Gasteiger partial charge in [-0.1, -0.05) is 23.7 Å². The number of rotatable bonds is 5. The van der Waals surface area contributed by atoms with E-state index in [4.69, 9.17) is 27.1 Å². The van der Waals surface area contributed by atoms with Crippen LogP contribution in [-0.4, -0.2) is 35.1 Å². The Morgan fingerprint density at radius 3 is 2.97 bits per heavy atom. The number of hydrogen-bond donors (Lipinski definition) is 2. The van der Waals surface area contributed by atoms with E-state index in [0.29, 0.717) is 46.5 Å². The number of benzene rings is 1. The van der Waals surface area contributed by atoms with Gasteiger partial charge >= 0.3 is 0 Å². The molecule has 1 aliphatic rings. The molecule has 4 rings (SSSR count). The van der Waals surface area contributed by atoms with Crippen LogP contribution >= 0.6 is 11.6 Å². The second-order valence-corrected chi connectivity index (χ2v) is 8.22. The summed E-state index contributed by atoms with van der Waals surface area (Å²) in [6, 6.07) is 9.53. The molecule has 6 nitrogen and oxygen atoms in total. The van der Waals surface area contributed by atoms with Crippen LogP contribution in [0.15, 0.2) is 35.3 Å². The summed E-state index contributed by atoms with van der Waals surface area (Å²) in [4.78, 5) is 24.1. The molecule has 2 atom stereocenters. The zero-order valence-corrected chi connectivity index (χ0v) is 17.9. The highest BCUT2D eigenvalue weighted by molar-refractivity contribution is 6.35. The van der Waals surface area contributed by atoms with Crippen molar-refractivity contribution < 1.29 is 9.53 Å². The van der Waals surface area contributed by atoms with Crippen LogP contribution in [-0.2, 0) is 4.79 Å². The van der Waals surface area contributed by atoms with E-state index in [1.165, 1.54) is 0 Å². The number of ketones is 1. The van der Waals surface area contributed by atoms with Crippen molar-refractivity contribution in [2.45, 2.75) is 38.7 Å². The second-order valence-electron chi connectivity index (χ2n) is 7.81. The number of aliphatic imine (C=N–C) groups is 1. The summed E-state index contributed by atoms with van der Waals surface area (Å²) in [5, 5.41) is 1.64. The van der Waals surface area contributed by atoms with Gasteiger partial charge in [0.05, 0.1) is 27.5 Å². The summed E-state index contributed by atoms with van der Waals surface area (Å²) in [5.41, 5.74) is 9.82. The normalized spacial score (nSPS) is 18.2. The fourth-order valence-electron chi connectivity index (χ4n) is 4.03. The number of carbonyl (C=O) groups excluding carboxylic acids is 1. The molecule has 0 spiro atoms. The minimum atomic E-state index is -0.155. The number of H-pyrrole nitrogens is 1. The molecular formula is C23H25ClN4O2. The average Bonchev–Trinajstić information content (AvgIpc) is 3.16. The van der Waals surface area contributed by atoms with E-state index in [2.05, 4.69) is 9.98 Å². The zero-order valence-electron chi connectivity index (χ0n) is 17.1. The topological polar surface area (TPSA) is 93.4 Å². The van der Waals surface area contributed by atoms with Gasteiger partial charge in [-0.05, 0) is 38.0 Å². The standard InChI is InChI=1S/C23H25ClN4O2/c1-13(14-5-3-7-16(29)9-14)30-23-17(12-26-2)19(25)11-21(28-23)20-10-15-6-4-8-18(24)22(15)27-20/h4,6,8,10-14,27H,3,5,7,9H2,1-2H3,(H2,25,28)/t13-,14+/m1/s1. The Morgan fingerprint density at radius 2 is 2.23 bits per heavy atom. The highest BCUT2D eigenvalue weighted by Gasteiger charge is 2.27. The van der Waals surface area contributed by atoms with Crippen LogP contribution in [0.2, 0.25) is 5.02 Å². The van der Waals surface area contributed by atoms with Crippen molar-refractivity contribution in [1.29, 1.82) is 0 Å². The van der Waals surface area contributed by atoms with Crippen LogP contribution in [0.3, 0.4) is 0 Å². The highest BCUT2D eigenvalue weighted by Crippen LogP contribution is 2.33. The number of aromatic nitrogens is 2. The molecule has 3 N–H and O–H groups in total. The number of halogens is 1. The summed E-state index contributed by atoms with van der Waals surface area (Å²) in [6.45, 7) is 1.99.